The van der Waals surface area contributed by atoms with Crippen molar-refractivity contribution in [2.75, 3.05) is 11.2 Å². The highest BCUT2D eigenvalue weighted by molar-refractivity contribution is 7.91. The molecule has 182 valence electrons. The van der Waals surface area contributed by atoms with Crippen LogP contribution in [0.4, 0.5) is 19.0 Å². The van der Waals surface area contributed by atoms with E-state index >= 15 is 0 Å². The molecule has 0 fully saturated rings. The number of pyridine rings is 1. The third kappa shape index (κ3) is 4.18. The van der Waals surface area contributed by atoms with E-state index in [2.05, 4.69) is 25.5 Å². The highest BCUT2D eigenvalue weighted by Gasteiger charge is 2.34. The summed E-state index contributed by atoms with van der Waals surface area (Å²) < 4.78 is 68.1. The van der Waals surface area contributed by atoms with Crippen LogP contribution in [0.15, 0.2) is 29.6 Å². The Balaban J connectivity index is 2.00. The van der Waals surface area contributed by atoms with Crippen molar-refractivity contribution in [2.45, 2.75) is 44.5 Å². The average Bonchev–Trinajstić information content (AvgIpc) is 3.29. The zero-order valence-corrected chi connectivity index (χ0v) is 19.8. The molecule has 4 aromatic rings. The third-order valence-corrected chi connectivity index (χ3v) is 6.54. The summed E-state index contributed by atoms with van der Waals surface area (Å²) in [6, 6.07) is 2.36. The summed E-state index contributed by atoms with van der Waals surface area (Å²) in [5.74, 6) is 0.132. The highest BCUT2D eigenvalue weighted by atomic mass is 32.2. The zero-order chi connectivity index (χ0) is 25.1. The Morgan fingerprint density at radius 3 is 2.50 bits per heavy atom. The molecule has 0 atom stereocenters. The van der Waals surface area contributed by atoms with E-state index in [9.17, 15) is 21.6 Å². The molecule has 4 rings (SSSR count). The molecule has 14 heteroatoms. The molecule has 0 radical (unpaired) electrons. The molecule has 4 aromatic heterocycles. The van der Waals surface area contributed by atoms with Gasteiger partial charge in [0.05, 0.1) is 28.6 Å². The Morgan fingerprint density at radius 1 is 1.18 bits per heavy atom. The lowest BCUT2D eigenvalue weighted by Gasteiger charge is -2.19. The molecule has 1 N–H and O–H groups in total. The van der Waals surface area contributed by atoms with Crippen LogP contribution in [-0.4, -0.2) is 48.9 Å². The largest absolute Gasteiger partial charge is 0.433 e. The van der Waals surface area contributed by atoms with Gasteiger partial charge in [0.15, 0.2) is 26.3 Å². The molecule has 0 saturated heterocycles. The second-order valence-corrected chi connectivity index (χ2v) is 10.7. The minimum Gasteiger partial charge on any atom is -0.326 e. The fraction of sp³-hybridized carbons (Fsp3) is 0.400. The predicted octanol–water partition coefficient (Wildman–Crippen LogP) is 3.63. The van der Waals surface area contributed by atoms with E-state index in [1.807, 2.05) is 20.8 Å². The zero-order valence-electron chi connectivity index (χ0n) is 19.0. The maximum absolute atomic E-state index is 13.2. The van der Waals surface area contributed by atoms with E-state index < -0.39 is 27.3 Å². The minimum absolute atomic E-state index is 0.00404. The molecule has 0 aromatic carbocycles. The molecule has 10 nitrogen and oxygen atoms in total. The van der Waals surface area contributed by atoms with Gasteiger partial charge in [-0.1, -0.05) is 6.92 Å². The summed E-state index contributed by atoms with van der Waals surface area (Å²) in [5, 5.41) is 3.98. The molecular weight excluding hydrogens is 475 g/mol. The molecule has 0 spiro atoms. The van der Waals surface area contributed by atoms with E-state index in [1.54, 1.807) is 13.1 Å². The maximum atomic E-state index is 13.2. The smallest absolute Gasteiger partial charge is 0.326 e. The van der Waals surface area contributed by atoms with E-state index in [-0.39, 0.29) is 38.8 Å². The van der Waals surface area contributed by atoms with Gasteiger partial charge < -0.3 is 4.57 Å². The van der Waals surface area contributed by atoms with E-state index in [1.165, 1.54) is 22.2 Å². The first-order chi connectivity index (χ1) is 15.7. The maximum Gasteiger partial charge on any atom is 0.433 e. The van der Waals surface area contributed by atoms with Crippen molar-refractivity contribution in [1.29, 1.82) is 0 Å². The number of aryl methyl sites for hydroxylation is 1. The van der Waals surface area contributed by atoms with Gasteiger partial charge in [0, 0.05) is 19.3 Å². The van der Waals surface area contributed by atoms with Gasteiger partial charge in [-0.05, 0) is 26.8 Å². The van der Waals surface area contributed by atoms with Crippen molar-refractivity contribution < 1.29 is 26.4 Å². The van der Waals surface area contributed by atoms with Gasteiger partial charge in [0.25, 0.3) is 0 Å². The van der Waals surface area contributed by atoms with Crippen LogP contribution in [0.3, 0.4) is 0 Å². The molecular formula is C20H22F3N7O3S. The summed E-state index contributed by atoms with van der Waals surface area (Å²) in [5.41, 5.74) is 1.58. The molecule has 0 bridgehead atoms. The molecule has 0 aliphatic heterocycles. The second kappa shape index (κ2) is 7.91. The van der Waals surface area contributed by atoms with Gasteiger partial charge in [-0.15, -0.1) is 0 Å². The summed E-state index contributed by atoms with van der Waals surface area (Å²) in [6.45, 7) is 6.93. The Labute approximate surface area is 192 Å². The standard InChI is InChI=1S/C20H22F3N7O3S/c1-6-34(31,32)18-15(16-24-8-7-14(30(16)27-18)28-33-19(2,3)4)17-26-11-9-13(20(21,22)23)25-10-12(11)29(17)5/h7-10,28H,6H2,1-5H3. The lowest BCUT2D eigenvalue weighted by Crippen LogP contribution is -2.24. The van der Waals surface area contributed by atoms with Crippen LogP contribution >= 0.6 is 0 Å². The number of hydrogen-bond acceptors (Lipinski definition) is 8. The van der Waals surface area contributed by atoms with Gasteiger partial charge in [-0.25, -0.2) is 28.8 Å². The Kier molecular flexibility index (Phi) is 5.55. The predicted molar refractivity (Wildman–Crippen MR) is 118 cm³/mol. The molecule has 34 heavy (non-hydrogen) atoms. The van der Waals surface area contributed by atoms with Crippen LogP contribution in [0.1, 0.15) is 33.4 Å². The minimum atomic E-state index is -4.65. The number of anilines is 1. The highest BCUT2D eigenvalue weighted by Crippen LogP contribution is 2.35. The van der Waals surface area contributed by atoms with E-state index in [0.29, 0.717) is 5.82 Å². The molecule has 0 aliphatic carbocycles. The molecule has 0 unspecified atom stereocenters. The number of nitrogens with zero attached hydrogens (tertiary/aromatic N) is 6. The first-order valence-electron chi connectivity index (χ1n) is 10.2. The van der Waals surface area contributed by atoms with Gasteiger partial charge in [0.2, 0.25) is 0 Å². The Bertz CT molecular complexity index is 1500. The molecule has 4 heterocycles. The number of imidazole rings is 1. The number of halogens is 3. The van der Waals surface area contributed by atoms with Crippen LogP contribution in [0.25, 0.3) is 28.1 Å². The molecule has 0 aliphatic rings. The van der Waals surface area contributed by atoms with Crippen molar-refractivity contribution in [3.8, 4) is 11.4 Å². The number of aromatic nitrogens is 6. The van der Waals surface area contributed by atoms with Crippen molar-refractivity contribution in [3.05, 3.63) is 30.2 Å². The molecule has 0 amide bonds. The van der Waals surface area contributed by atoms with Crippen molar-refractivity contribution in [1.82, 2.24) is 29.1 Å². The van der Waals surface area contributed by atoms with Crippen molar-refractivity contribution in [2.24, 2.45) is 7.05 Å². The number of fused-ring (bicyclic) bond motifs is 2. The van der Waals surface area contributed by atoms with Gasteiger partial charge in [-0.3, -0.25) is 4.84 Å². The summed E-state index contributed by atoms with van der Waals surface area (Å²) >= 11 is 0. The number of hydrogen-bond donors (Lipinski definition) is 1. The third-order valence-electron chi connectivity index (χ3n) is 4.90. The SMILES string of the molecule is CCS(=O)(=O)c1nn2c(NOC(C)(C)C)ccnc2c1-c1nc2cc(C(F)(F)F)ncc2n1C. The van der Waals surface area contributed by atoms with Crippen LogP contribution in [0.5, 0.6) is 0 Å². The average molecular weight is 498 g/mol. The van der Waals surface area contributed by atoms with Crippen LogP contribution in [-0.2, 0) is 27.9 Å². The topological polar surface area (TPSA) is 116 Å². The number of rotatable bonds is 5. The summed E-state index contributed by atoms with van der Waals surface area (Å²) in [7, 11) is -2.32. The van der Waals surface area contributed by atoms with Gasteiger partial charge in [-0.2, -0.15) is 22.8 Å². The van der Waals surface area contributed by atoms with Crippen LogP contribution in [0, 0.1) is 0 Å². The fourth-order valence-electron chi connectivity index (χ4n) is 3.23. The fourth-order valence-corrected chi connectivity index (χ4v) is 4.20. The van der Waals surface area contributed by atoms with Crippen molar-refractivity contribution in [3.63, 3.8) is 0 Å². The number of sulfone groups is 1. The Hall–Kier alpha value is -3.26. The van der Waals surface area contributed by atoms with Crippen LogP contribution in [0.2, 0.25) is 0 Å². The second-order valence-electron chi connectivity index (χ2n) is 8.52. The first kappa shape index (κ1) is 23.9. The van der Waals surface area contributed by atoms with Gasteiger partial charge in [0.1, 0.15) is 17.1 Å². The normalized spacial score (nSPS) is 13.2. The van der Waals surface area contributed by atoms with E-state index in [0.717, 1.165) is 12.3 Å². The lowest BCUT2D eigenvalue weighted by atomic mass is 10.2. The lowest BCUT2D eigenvalue weighted by molar-refractivity contribution is -0.141. The Morgan fingerprint density at radius 2 is 1.88 bits per heavy atom. The number of alkyl halides is 3. The van der Waals surface area contributed by atoms with Crippen LogP contribution < -0.4 is 5.48 Å². The van der Waals surface area contributed by atoms with Crippen molar-refractivity contribution >= 4 is 32.3 Å². The quantitative estimate of drug-likeness (QED) is 0.416. The monoisotopic (exact) mass is 497 g/mol. The summed E-state index contributed by atoms with van der Waals surface area (Å²) in [6.07, 6.45) is -2.17. The summed E-state index contributed by atoms with van der Waals surface area (Å²) in [4.78, 5) is 17.7. The first-order valence-corrected chi connectivity index (χ1v) is 11.8. The number of nitrogens with one attached hydrogen (secondary N) is 1. The van der Waals surface area contributed by atoms with E-state index in [4.69, 9.17) is 4.84 Å². The van der Waals surface area contributed by atoms with Gasteiger partial charge >= 0.3 is 6.18 Å². The molecule has 0 saturated carbocycles.